The van der Waals surface area contributed by atoms with E-state index < -0.39 is 48.9 Å². The Kier molecular flexibility index (Phi) is 12.5. The molecule has 0 fully saturated rings. The number of carbonyl (C=O) groups excluding carboxylic acids is 6. The Hall–Kier alpha value is -5.90. The van der Waals surface area contributed by atoms with Gasteiger partial charge >= 0.3 is 23.9 Å². The Morgan fingerprint density at radius 2 is 0.875 bits per heavy atom. The third kappa shape index (κ3) is 9.80. The van der Waals surface area contributed by atoms with Crippen LogP contribution in [-0.2, 0) is 38.1 Å². The molecule has 0 amide bonds. The first-order valence-electron chi connectivity index (χ1n) is 15.2. The summed E-state index contributed by atoms with van der Waals surface area (Å²) in [4.78, 5) is 74.4. The summed E-state index contributed by atoms with van der Waals surface area (Å²) in [5.41, 5.74) is 3.11. The maximum Gasteiger partial charge on any atom is 0.344 e. The lowest BCUT2D eigenvalue weighted by molar-refractivity contribution is -0.164. The van der Waals surface area contributed by atoms with Gasteiger partial charge in [-0.3, -0.25) is 19.2 Å². The molecule has 0 aliphatic heterocycles. The minimum atomic E-state index is -0.851. The van der Waals surface area contributed by atoms with Crippen LogP contribution in [0.3, 0.4) is 0 Å². The van der Waals surface area contributed by atoms with Gasteiger partial charge in [-0.15, -0.1) is 0 Å². The van der Waals surface area contributed by atoms with E-state index in [0.717, 1.165) is 0 Å². The van der Waals surface area contributed by atoms with E-state index in [9.17, 15) is 28.8 Å². The summed E-state index contributed by atoms with van der Waals surface area (Å²) < 4.78 is 20.0. The molecule has 0 aliphatic rings. The van der Waals surface area contributed by atoms with Crippen LogP contribution in [0.1, 0.15) is 68.7 Å². The minimum Gasteiger partial charge on any atom is -0.460 e. The molecule has 2 unspecified atom stereocenters. The van der Waals surface area contributed by atoms with E-state index in [1.165, 1.54) is 0 Å². The number of esters is 4. The highest BCUT2D eigenvalue weighted by Gasteiger charge is 2.21. The highest BCUT2D eigenvalue weighted by atomic mass is 16.6. The topological polar surface area (TPSA) is 139 Å². The molecule has 0 saturated heterocycles. The monoisotopic (exact) mass is 650 g/mol. The van der Waals surface area contributed by atoms with Gasteiger partial charge in [0.15, 0.2) is 24.8 Å². The Bertz CT molecular complexity index is 1750. The van der Waals surface area contributed by atoms with Crippen LogP contribution in [0.2, 0.25) is 0 Å². The van der Waals surface area contributed by atoms with Crippen molar-refractivity contribution in [1.29, 1.82) is 0 Å². The lowest BCUT2D eigenvalue weighted by atomic mass is 9.96. The average Bonchev–Trinajstić information content (AvgIpc) is 3.14. The first-order valence-corrected chi connectivity index (χ1v) is 15.2. The summed E-state index contributed by atoms with van der Waals surface area (Å²) in [6, 6.07) is 30.7. The molecule has 0 N–H and O–H groups in total. The van der Waals surface area contributed by atoms with Crippen molar-refractivity contribution >= 4 is 35.4 Å². The van der Waals surface area contributed by atoms with Gasteiger partial charge in [0.25, 0.3) is 0 Å². The fraction of sp³-hybridized carbons (Fsp3) is 0.211. The van der Waals surface area contributed by atoms with Crippen LogP contribution in [-0.4, -0.2) is 61.9 Å². The molecular weight excluding hydrogens is 616 g/mol. The highest BCUT2D eigenvalue weighted by molar-refractivity contribution is 6.09. The summed E-state index contributed by atoms with van der Waals surface area (Å²) in [5, 5.41) is 0. The van der Waals surface area contributed by atoms with Gasteiger partial charge in [-0.25, -0.2) is 9.59 Å². The molecule has 0 spiro atoms. The molecule has 0 bridgehead atoms. The van der Waals surface area contributed by atoms with Crippen molar-refractivity contribution in [3.05, 3.63) is 143 Å². The van der Waals surface area contributed by atoms with Crippen molar-refractivity contribution in [1.82, 2.24) is 0 Å². The molecule has 0 saturated carbocycles. The number of benzene rings is 4. The number of ketones is 2. The number of carbonyl (C=O) groups is 6. The molecule has 0 heterocycles. The molecule has 10 heteroatoms. The average molecular weight is 651 g/mol. The fourth-order valence-electron chi connectivity index (χ4n) is 4.56. The first-order chi connectivity index (χ1) is 23.1. The Morgan fingerprint density at radius 3 is 1.38 bits per heavy atom. The summed E-state index contributed by atoms with van der Waals surface area (Å²) in [7, 11) is 0. The standard InChI is InChI=1S/C38H34O10/c1-25(27-16-18-30(19-17-27)35(41)28-10-5-3-6-11-28)37(43)47-23-33(39)45-20-21-46-34(40)24-48-38(44)26(2)31-14-9-15-32(22-31)36(42)29-12-7-4-8-13-29/h3-19,22,25-26H,20-21,23-24H2,1-2H3. The van der Waals surface area contributed by atoms with Gasteiger partial charge in [-0.05, 0) is 31.0 Å². The third-order valence-electron chi connectivity index (χ3n) is 7.37. The number of rotatable bonds is 15. The second kappa shape index (κ2) is 17.1. The molecule has 48 heavy (non-hydrogen) atoms. The van der Waals surface area contributed by atoms with Crippen LogP contribution < -0.4 is 0 Å². The highest BCUT2D eigenvalue weighted by Crippen LogP contribution is 2.21. The molecule has 0 aliphatic carbocycles. The Morgan fingerprint density at radius 1 is 0.458 bits per heavy atom. The van der Waals surface area contributed by atoms with Crippen molar-refractivity contribution in [2.75, 3.05) is 26.4 Å². The zero-order chi connectivity index (χ0) is 34.5. The van der Waals surface area contributed by atoms with Crippen molar-refractivity contribution in [3.8, 4) is 0 Å². The zero-order valence-corrected chi connectivity index (χ0v) is 26.5. The maximum absolute atomic E-state index is 12.7. The van der Waals surface area contributed by atoms with Crippen LogP contribution in [0.5, 0.6) is 0 Å². The lowest BCUT2D eigenvalue weighted by Gasteiger charge is -2.13. The smallest absolute Gasteiger partial charge is 0.344 e. The first kappa shape index (κ1) is 35.0. The molecule has 0 radical (unpaired) electrons. The molecule has 10 nitrogen and oxygen atoms in total. The fourth-order valence-corrected chi connectivity index (χ4v) is 4.56. The van der Waals surface area contributed by atoms with Gasteiger partial charge in [-0.1, -0.05) is 103 Å². The van der Waals surface area contributed by atoms with Gasteiger partial charge in [-0.2, -0.15) is 0 Å². The van der Waals surface area contributed by atoms with Crippen LogP contribution in [0.25, 0.3) is 0 Å². The van der Waals surface area contributed by atoms with Gasteiger partial charge in [0, 0.05) is 22.3 Å². The normalized spacial score (nSPS) is 11.8. The van der Waals surface area contributed by atoms with Crippen LogP contribution in [0, 0.1) is 0 Å². The van der Waals surface area contributed by atoms with Crippen molar-refractivity contribution < 1.29 is 47.7 Å². The summed E-state index contributed by atoms with van der Waals surface area (Å²) in [6.07, 6.45) is 0. The number of hydrogen-bond donors (Lipinski definition) is 0. The van der Waals surface area contributed by atoms with Crippen molar-refractivity contribution in [2.45, 2.75) is 25.7 Å². The zero-order valence-electron chi connectivity index (χ0n) is 26.5. The molecule has 0 aromatic heterocycles. The quantitative estimate of drug-likeness (QED) is 0.0727. The molecule has 4 aromatic carbocycles. The molecular formula is C38H34O10. The van der Waals surface area contributed by atoms with E-state index in [4.69, 9.17) is 18.9 Å². The van der Waals surface area contributed by atoms with Crippen LogP contribution in [0.15, 0.2) is 109 Å². The predicted octanol–water partition coefficient (Wildman–Crippen LogP) is 5.23. The van der Waals surface area contributed by atoms with Crippen LogP contribution >= 0.6 is 0 Å². The van der Waals surface area contributed by atoms with E-state index in [1.54, 1.807) is 111 Å². The summed E-state index contributed by atoms with van der Waals surface area (Å²) in [6.45, 7) is 1.30. The van der Waals surface area contributed by atoms with E-state index in [-0.39, 0.29) is 24.8 Å². The number of hydrogen-bond acceptors (Lipinski definition) is 10. The summed E-state index contributed by atoms with van der Waals surface area (Å²) in [5.74, 6) is -4.82. The van der Waals surface area contributed by atoms with Gasteiger partial charge in [0.1, 0.15) is 13.2 Å². The molecule has 2 atom stereocenters. The van der Waals surface area contributed by atoms with E-state index in [0.29, 0.717) is 33.4 Å². The van der Waals surface area contributed by atoms with Crippen molar-refractivity contribution in [2.24, 2.45) is 0 Å². The Labute approximate surface area is 277 Å². The third-order valence-corrected chi connectivity index (χ3v) is 7.37. The lowest BCUT2D eigenvalue weighted by Crippen LogP contribution is -2.23. The molecule has 4 rings (SSSR count). The van der Waals surface area contributed by atoms with Gasteiger partial charge in [0.05, 0.1) is 11.8 Å². The number of ether oxygens (including phenoxy) is 4. The maximum atomic E-state index is 12.7. The Balaban J connectivity index is 1.12. The predicted molar refractivity (Wildman–Crippen MR) is 173 cm³/mol. The second-order valence-electron chi connectivity index (χ2n) is 10.7. The van der Waals surface area contributed by atoms with E-state index in [1.807, 2.05) is 12.1 Å². The second-order valence-corrected chi connectivity index (χ2v) is 10.7. The minimum absolute atomic E-state index is 0.141. The van der Waals surface area contributed by atoms with E-state index in [2.05, 4.69) is 0 Å². The summed E-state index contributed by atoms with van der Waals surface area (Å²) >= 11 is 0. The molecule has 246 valence electrons. The molecule has 4 aromatic rings. The van der Waals surface area contributed by atoms with E-state index >= 15 is 0 Å². The van der Waals surface area contributed by atoms with Crippen molar-refractivity contribution in [3.63, 3.8) is 0 Å². The SMILES string of the molecule is CC(C(=O)OCC(=O)OCCOC(=O)COC(=O)C(C)c1cccc(C(=O)c2ccccc2)c1)c1ccc(C(=O)c2ccccc2)cc1. The largest absolute Gasteiger partial charge is 0.460 e. The van der Waals surface area contributed by atoms with Gasteiger partial charge < -0.3 is 18.9 Å². The van der Waals surface area contributed by atoms with Gasteiger partial charge in [0.2, 0.25) is 0 Å². The van der Waals surface area contributed by atoms with Crippen LogP contribution in [0.4, 0.5) is 0 Å².